The molecule has 0 bridgehead atoms. The number of carbonyl (C=O) groups is 1. The van der Waals surface area contributed by atoms with E-state index in [0.29, 0.717) is 17.9 Å². The molecule has 2 fully saturated rings. The van der Waals surface area contributed by atoms with Gasteiger partial charge in [0.25, 0.3) is 0 Å². The van der Waals surface area contributed by atoms with E-state index in [1.165, 1.54) is 6.07 Å². The van der Waals surface area contributed by atoms with Gasteiger partial charge in [-0.25, -0.2) is 4.39 Å². The summed E-state index contributed by atoms with van der Waals surface area (Å²) in [5, 5.41) is 3.07. The Morgan fingerprint density at radius 1 is 1.40 bits per heavy atom. The van der Waals surface area contributed by atoms with Crippen molar-refractivity contribution in [2.75, 3.05) is 18.0 Å². The van der Waals surface area contributed by atoms with Gasteiger partial charge in [-0.05, 0) is 30.9 Å². The molecule has 5 heteroatoms. The van der Waals surface area contributed by atoms with Crippen molar-refractivity contribution in [1.82, 2.24) is 5.32 Å². The highest BCUT2D eigenvalue weighted by Gasteiger charge is 2.34. The smallest absolute Gasteiger partial charge is 0.220 e. The second-order valence-corrected chi connectivity index (χ2v) is 5.65. The Hall–Kier alpha value is -1.62. The Kier molecular flexibility index (Phi) is 3.61. The lowest BCUT2D eigenvalue weighted by molar-refractivity contribution is -0.124. The highest BCUT2D eigenvalue weighted by Crippen LogP contribution is 2.31. The second kappa shape index (κ2) is 5.40. The zero-order valence-corrected chi connectivity index (χ0v) is 11.4. The molecule has 1 aromatic carbocycles. The van der Waals surface area contributed by atoms with Gasteiger partial charge in [0.15, 0.2) is 0 Å². The summed E-state index contributed by atoms with van der Waals surface area (Å²) in [4.78, 5) is 13.6. The monoisotopic (exact) mass is 277 g/mol. The molecule has 0 aromatic heterocycles. The largest absolute Gasteiger partial charge is 0.371 e. The van der Waals surface area contributed by atoms with Crippen LogP contribution in [0.1, 0.15) is 24.8 Å². The molecule has 20 heavy (non-hydrogen) atoms. The number of hydrogen-bond donors (Lipinski definition) is 2. The van der Waals surface area contributed by atoms with Crippen molar-refractivity contribution in [1.29, 1.82) is 0 Å². The Morgan fingerprint density at radius 2 is 2.25 bits per heavy atom. The van der Waals surface area contributed by atoms with Gasteiger partial charge >= 0.3 is 0 Å². The zero-order valence-electron chi connectivity index (χ0n) is 11.4. The average molecular weight is 277 g/mol. The quantitative estimate of drug-likeness (QED) is 0.859. The van der Waals surface area contributed by atoms with Gasteiger partial charge in [-0.15, -0.1) is 0 Å². The lowest BCUT2D eigenvalue weighted by atomic mass is 9.85. The number of amides is 1. The molecule has 2 atom stereocenters. The summed E-state index contributed by atoms with van der Waals surface area (Å²) in [7, 11) is 0. The van der Waals surface area contributed by atoms with Gasteiger partial charge in [0.1, 0.15) is 5.82 Å². The van der Waals surface area contributed by atoms with Crippen LogP contribution in [0.3, 0.4) is 0 Å². The topological polar surface area (TPSA) is 58.4 Å². The van der Waals surface area contributed by atoms with E-state index in [1.807, 2.05) is 6.07 Å². The van der Waals surface area contributed by atoms with Crippen LogP contribution in [0, 0.1) is 11.7 Å². The van der Waals surface area contributed by atoms with Crippen molar-refractivity contribution in [3.63, 3.8) is 0 Å². The molecule has 2 saturated heterocycles. The van der Waals surface area contributed by atoms with Crippen LogP contribution in [0.25, 0.3) is 0 Å². The summed E-state index contributed by atoms with van der Waals surface area (Å²) < 4.78 is 13.8. The molecular weight excluding hydrogens is 257 g/mol. The number of nitrogens with two attached hydrogens (primary N) is 1. The van der Waals surface area contributed by atoms with Gasteiger partial charge in [-0.1, -0.05) is 6.07 Å². The van der Waals surface area contributed by atoms with Crippen molar-refractivity contribution in [3.8, 4) is 0 Å². The summed E-state index contributed by atoms with van der Waals surface area (Å²) in [6, 6.07) is 5.41. The van der Waals surface area contributed by atoms with E-state index in [2.05, 4.69) is 10.2 Å². The highest BCUT2D eigenvalue weighted by atomic mass is 19.1. The number of benzene rings is 1. The maximum atomic E-state index is 13.8. The number of hydrogen-bond acceptors (Lipinski definition) is 3. The standard InChI is InChI=1S/C15H20FN3O/c16-12-2-1-3-14(11(12)8-17)19-7-6-13-10(9-19)4-5-15(20)18-13/h1-3,10,13H,4-9,17H2,(H,18,20). The third-order valence-corrected chi connectivity index (χ3v) is 4.46. The molecular formula is C15H20FN3O. The van der Waals surface area contributed by atoms with Crippen LogP contribution in [0.5, 0.6) is 0 Å². The minimum atomic E-state index is -0.232. The Bertz CT molecular complexity index is 520. The molecule has 2 heterocycles. The lowest BCUT2D eigenvalue weighted by Crippen LogP contribution is -2.54. The number of fused-ring (bicyclic) bond motifs is 1. The first kappa shape index (κ1) is 13.4. The highest BCUT2D eigenvalue weighted by molar-refractivity contribution is 5.77. The number of anilines is 1. The fourth-order valence-corrected chi connectivity index (χ4v) is 3.37. The lowest BCUT2D eigenvalue weighted by Gasteiger charge is -2.43. The van der Waals surface area contributed by atoms with Gasteiger partial charge in [0.05, 0.1) is 0 Å². The van der Waals surface area contributed by atoms with Crippen LogP contribution in [0.2, 0.25) is 0 Å². The van der Waals surface area contributed by atoms with Crippen molar-refractivity contribution < 1.29 is 9.18 Å². The van der Waals surface area contributed by atoms with E-state index in [9.17, 15) is 9.18 Å². The van der Waals surface area contributed by atoms with Crippen LogP contribution in [0.4, 0.5) is 10.1 Å². The molecule has 2 unspecified atom stereocenters. The summed E-state index contributed by atoms with van der Waals surface area (Å²) >= 11 is 0. The summed E-state index contributed by atoms with van der Waals surface area (Å²) in [5.74, 6) is 0.382. The fourth-order valence-electron chi connectivity index (χ4n) is 3.37. The molecule has 0 spiro atoms. The maximum absolute atomic E-state index is 13.8. The SMILES string of the molecule is NCc1c(F)cccc1N1CCC2NC(=O)CCC2C1. The number of rotatable bonds is 2. The number of halogens is 1. The maximum Gasteiger partial charge on any atom is 0.220 e. The molecule has 0 aliphatic carbocycles. The second-order valence-electron chi connectivity index (χ2n) is 5.65. The molecule has 1 amide bonds. The Balaban J connectivity index is 1.80. The Morgan fingerprint density at radius 3 is 3.05 bits per heavy atom. The molecule has 3 N–H and O–H groups in total. The predicted molar refractivity (Wildman–Crippen MR) is 75.8 cm³/mol. The Labute approximate surface area is 118 Å². The van der Waals surface area contributed by atoms with E-state index < -0.39 is 0 Å². The molecule has 0 radical (unpaired) electrons. The van der Waals surface area contributed by atoms with Crippen molar-refractivity contribution in [3.05, 3.63) is 29.6 Å². The van der Waals surface area contributed by atoms with E-state index >= 15 is 0 Å². The first-order chi connectivity index (χ1) is 9.69. The van der Waals surface area contributed by atoms with E-state index in [-0.39, 0.29) is 24.3 Å². The van der Waals surface area contributed by atoms with Crippen LogP contribution >= 0.6 is 0 Å². The van der Waals surface area contributed by atoms with Crippen molar-refractivity contribution in [2.45, 2.75) is 31.8 Å². The molecule has 4 nitrogen and oxygen atoms in total. The third kappa shape index (κ3) is 2.38. The minimum Gasteiger partial charge on any atom is -0.371 e. The van der Waals surface area contributed by atoms with Gasteiger partial charge in [0.2, 0.25) is 5.91 Å². The predicted octanol–water partition coefficient (Wildman–Crippen LogP) is 1.39. The third-order valence-electron chi connectivity index (χ3n) is 4.46. The van der Waals surface area contributed by atoms with Crippen LogP contribution in [0.15, 0.2) is 18.2 Å². The summed E-state index contributed by atoms with van der Waals surface area (Å²) in [6.45, 7) is 1.91. The van der Waals surface area contributed by atoms with Crippen LogP contribution in [-0.4, -0.2) is 25.0 Å². The van der Waals surface area contributed by atoms with Crippen LogP contribution < -0.4 is 16.0 Å². The molecule has 0 saturated carbocycles. The number of carbonyl (C=O) groups excluding carboxylic acids is 1. The normalized spacial score (nSPS) is 26.1. The van der Waals surface area contributed by atoms with Gasteiger partial charge in [-0.2, -0.15) is 0 Å². The molecule has 108 valence electrons. The zero-order chi connectivity index (χ0) is 14.1. The van der Waals surface area contributed by atoms with Crippen molar-refractivity contribution in [2.24, 2.45) is 11.7 Å². The fraction of sp³-hybridized carbons (Fsp3) is 0.533. The molecule has 2 aliphatic rings. The average Bonchev–Trinajstić information content (AvgIpc) is 2.46. The summed E-state index contributed by atoms with van der Waals surface area (Å²) in [5.41, 5.74) is 7.18. The molecule has 3 rings (SSSR count). The van der Waals surface area contributed by atoms with E-state index in [4.69, 9.17) is 5.73 Å². The summed E-state index contributed by atoms with van der Waals surface area (Å²) in [6.07, 6.45) is 2.43. The first-order valence-electron chi connectivity index (χ1n) is 7.21. The van der Waals surface area contributed by atoms with Gasteiger partial charge in [0, 0.05) is 43.3 Å². The molecule has 1 aromatic rings. The van der Waals surface area contributed by atoms with Crippen molar-refractivity contribution >= 4 is 11.6 Å². The van der Waals surface area contributed by atoms with Gasteiger partial charge in [-0.3, -0.25) is 4.79 Å². The minimum absolute atomic E-state index is 0.160. The van der Waals surface area contributed by atoms with E-state index in [1.54, 1.807) is 6.07 Å². The number of nitrogens with one attached hydrogen (secondary N) is 1. The van der Waals surface area contributed by atoms with Gasteiger partial charge < -0.3 is 16.0 Å². The molecule has 2 aliphatic heterocycles. The number of piperidine rings is 2. The first-order valence-corrected chi connectivity index (χ1v) is 7.21. The van der Waals surface area contributed by atoms with E-state index in [0.717, 1.165) is 31.6 Å². The number of nitrogens with zero attached hydrogens (tertiary/aromatic N) is 1. The van der Waals surface area contributed by atoms with Crippen LogP contribution in [-0.2, 0) is 11.3 Å².